The lowest BCUT2D eigenvalue weighted by Gasteiger charge is -2.29. The molecule has 2 atom stereocenters. The third kappa shape index (κ3) is 3.30. The number of Topliss-reactive ketones (excluding diaryl/α,β-unsaturated/α-hetero) is 1. The molecule has 0 bridgehead atoms. The van der Waals surface area contributed by atoms with E-state index in [0.717, 1.165) is 5.57 Å². The van der Waals surface area contributed by atoms with Crippen LogP contribution in [0.25, 0.3) is 0 Å². The van der Waals surface area contributed by atoms with Crippen LogP contribution in [0.15, 0.2) is 23.8 Å². The topological polar surface area (TPSA) is 69.7 Å². The predicted molar refractivity (Wildman–Crippen MR) is 89.1 cm³/mol. The first-order chi connectivity index (χ1) is 11.5. The van der Waals surface area contributed by atoms with E-state index in [4.69, 9.17) is 9.47 Å². The molecule has 0 aromatic rings. The number of allylic oxidation sites excluding steroid dienone is 4. The monoisotopic (exact) mass is 334 g/mol. The quantitative estimate of drug-likeness (QED) is 0.407. The molecular weight excluding hydrogens is 308 g/mol. The zero-order chi connectivity index (χ0) is 17.7. The van der Waals surface area contributed by atoms with Crippen molar-refractivity contribution in [2.45, 2.75) is 46.5 Å². The minimum absolute atomic E-state index is 0.0470. The highest BCUT2D eigenvalue weighted by molar-refractivity contribution is 6.02. The summed E-state index contributed by atoms with van der Waals surface area (Å²) in [5, 5.41) is 0. The van der Waals surface area contributed by atoms with E-state index < -0.39 is 17.4 Å². The van der Waals surface area contributed by atoms with E-state index in [0.29, 0.717) is 25.7 Å². The standard InChI is InChI=1S/C19H26O5/c1-4-23-17(21)19(18(22)24-5-2)12-14(9-6-8-13(3)20)15-10-7-11-16(15)19/h7,9-10,15-16H,4-6,8,11-12H2,1-3H3/b14-9-/t15-,16-/m1/s1. The van der Waals surface area contributed by atoms with Crippen LogP contribution in [0, 0.1) is 17.3 Å². The van der Waals surface area contributed by atoms with Gasteiger partial charge in [0, 0.05) is 12.3 Å². The van der Waals surface area contributed by atoms with Gasteiger partial charge in [-0.15, -0.1) is 0 Å². The molecule has 2 rings (SSSR count). The average Bonchev–Trinajstić information content (AvgIpc) is 3.10. The lowest BCUT2D eigenvalue weighted by Crippen LogP contribution is -2.45. The first-order valence-corrected chi connectivity index (χ1v) is 8.66. The molecule has 0 aliphatic heterocycles. The van der Waals surface area contributed by atoms with Crippen molar-refractivity contribution in [2.75, 3.05) is 13.2 Å². The Balaban J connectivity index is 2.35. The second-order valence-corrected chi connectivity index (χ2v) is 6.40. The van der Waals surface area contributed by atoms with E-state index in [1.165, 1.54) is 0 Å². The lowest BCUT2D eigenvalue weighted by molar-refractivity contribution is -0.175. The van der Waals surface area contributed by atoms with E-state index in [9.17, 15) is 14.4 Å². The Morgan fingerprint density at radius 3 is 2.38 bits per heavy atom. The van der Waals surface area contributed by atoms with E-state index >= 15 is 0 Å². The normalized spacial score (nSPS) is 25.5. The van der Waals surface area contributed by atoms with Gasteiger partial charge in [0.25, 0.3) is 0 Å². The van der Waals surface area contributed by atoms with Crippen molar-refractivity contribution < 1.29 is 23.9 Å². The maximum absolute atomic E-state index is 12.7. The van der Waals surface area contributed by atoms with Gasteiger partial charge in [-0.05, 0) is 46.0 Å². The van der Waals surface area contributed by atoms with Crippen molar-refractivity contribution in [3.8, 4) is 0 Å². The fraction of sp³-hybridized carbons (Fsp3) is 0.632. The van der Waals surface area contributed by atoms with Gasteiger partial charge in [0.1, 0.15) is 5.78 Å². The number of ether oxygens (including phenoxy) is 2. The Hall–Kier alpha value is -1.91. The van der Waals surface area contributed by atoms with Crippen LogP contribution in [0.3, 0.4) is 0 Å². The van der Waals surface area contributed by atoms with Crippen LogP contribution < -0.4 is 0 Å². The van der Waals surface area contributed by atoms with Crippen LogP contribution in [-0.4, -0.2) is 30.9 Å². The Morgan fingerprint density at radius 2 is 1.83 bits per heavy atom. The van der Waals surface area contributed by atoms with Gasteiger partial charge in [0.2, 0.25) is 0 Å². The number of carbonyl (C=O) groups excluding carboxylic acids is 3. The highest BCUT2D eigenvalue weighted by Crippen LogP contribution is 2.56. The summed E-state index contributed by atoms with van der Waals surface area (Å²) in [6.45, 7) is 5.49. The fourth-order valence-electron chi connectivity index (χ4n) is 3.83. The molecule has 0 aromatic heterocycles. The smallest absolute Gasteiger partial charge is 0.324 e. The van der Waals surface area contributed by atoms with Crippen molar-refractivity contribution in [1.82, 2.24) is 0 Å². The molecular formula is C19H26O5. The van der Waals surface area contributed by atoms with Crippen LogP contribution in [0.1, 0.15) is 46.5 Å². The zero-order valence-electron chi connectivity index (χ0n) is 14.7. The number of esters is 2. The molecule has 0 aromatic carbocycles. The van der Waals surface area contributed by atoms with Gasteiger partial charge in [-0.1, -0.05) is 23.8 Å². The molecule has 2 aliphatic carbocycles. The van der Waals surface area contributed by atoms with E-state index in [1.807, 2.05) is 12.2 Å². The Morgan fingerprint density at radius 1 is 1.21 bits per heavy atom. The molecule has 132 valence electrons. The molecule has 24 heavy (non-hydrogen) atoms. The Bertz CT molecular complexity index is 554. The number of hydrogen-bond acceptors (Lipinski definition) is 5. The third-order valence-electron chi connectivity index (χ3n) is 4.89. The molecule has 1 saturated carbocycles. The van der Waals surface area contributed by atoms with Crippen LogP contribution in [0.5, 0.6) is 0 Å². The second kappa shape index (κ2) is 7.77. The number of hydrogen-bond donors (Lipinski definition) is 0. The molecule has 0 heterocycles. The van der Waals surface area contributed by atoms with Crippen molar-refractivity contribution in [3.05, 3.63) is 23.8 Å². The van der Waals surface area contributed by atoms with Crippen LogP contribution in [0.4, 0.5) is 0 Å². The lowest BCUT2D eigenvalue weighted by atomic mass is 9.75. The molecule has 0 radical (unpaired) electrons. The van der Waals surface area contributed by atoms with Gasteiger partial charge < -0.3 is 14.3 Å². The van der Waals surface area contributed by atoms with Crippen molar-refractivity contribution in [1.29, 1.82) is 0 Å². The molecule has 0 spiro atoms. The first-order valence-electron chi connectivity index (χ1n) is 8.66. The van der Waals surface area contributed by atoms with E-state index in [1.54, 1.807) is 20.8 Å². The summed E-state index contributed by atoms with van der Waals surface area (Å²) in [4.78, 5) is 36.6. The minimum atomic E-state index is -1.26. The van der Waals surface area contributed by atoms with Gasteiger partial charge in [-0.2, -0.15) is 0 Å². The molecule has 0 saturated heterocycles. The number of fused-ring (bicyclic) bond motifs is 1. The molecule has 0 amide bonds. The largest absolute Gasteiger partial charge is 0.465 e. The fourth-order valence-corrected chi connectivity index (χ4v) is 3.83. The van der Waals surface area contributed by atoms with Crippen molar-refractivity contribution in [3.63, 3.8) is 0 Å². The maximum atomic E-state index is 12.7. The second-order valence-electron chi connectivity index (χ2n) is 6.40. The minimum Gasteiger partial charge on any atom is -0.465 e. The number of carbonyl (C=O) groups is 3. The summed E-state index contributed by atoms with van der Waals surface area (Å²) >= 11 is 0. The van der Waals surface area contributed by atoms with Crippen LogP contribution in [-0.2, 0) is 23.9 Å². The molecule has 0 N–H and O–H groups in total. The number of ketones is 1. The summed E-state index contributed by atoms with van der Waals surface area (Å²) in [7, 11) is 0. The highest BCUT2D eigenvalue weighted by atomic mass is 16.6. The summed E-state index contributed by atoms with van der Waals surface area (Å²) in [5.74, 6) is -0.954. The SMILES string of the molecule is CCOC(=O)C1(C(=O)OCC)C/C(=C/CCC(C)=O)[C@H]2C=CC[C@H]21. The van der Waals surface area contributed by atoms with Crippen molar-refractivity contribution in [2.24, 2.45) is 17.3 Å². The zero-order valence-corrected chi connectivity index (χ0v) is 14.7. The van der Waals surface area contributed by atoms with E-state index in [-0.39, 0.29) is 30.8 Å². The van der Waals surface area contributed by atoms with Crippen LogP contribution >= 0.6 is 0 Å². The number of rotatable bonds is 7. The molecule has 1 fully saturated rings. The summed E-state index contributed by atoms with van der Waals surface area (Å²) in [6, 6.07) is 0. The third-order valence-corrected chi connectivity index (χ3v) is 4.89. The average molecular weight is 334 g/mol. The highest BCUT2D eigenvalue weighted by Gasteiger charge is 2.62. The molecule has 2 aliphatic rings. The molecule has 5 nitrogen and oxygen atoms in total. The maximum Gasteiger partial charge on any atom is 0.324 e. The molecule has 0 unspecified atom stereocenters. The van der Waals surface area contributed by atoms with Gasteiger partial charge in [-0.3, -0.25) is 9.59 Å². The Kier molecular flexibility index (Phi) is 5.97. The summed E-state index contributed by atoms with van der Waals surface area (Å²) in [6.07, 6.45) is 8.16. The van der Waals surface area contributed by atoms with E-state index in [2.05, 4.69) is 6.08 Å². The summed E-state index contributed by atoms with van der Waals surface area (Å²) < 4.78 is 10.5. The van der Waals surface area contributed by atoms with Crippen molar-refractivity contribution >= 4 is 17.7 Å². The van der Waals surface area contributed by atoms with Gasteiger partial charge in [0.05, 0.1) is 13.2 Å². The van der Waals surface area contributed by atoms with Crippen LogP contribution in [0.2, 0.25) is 0 Å². The molecule has 5 heteroatoms. The van der Waals surface area contributed by atoms with Gasteiger partial charge in [-0.25, -0.2) is 0 Å². The van der Waals surface area contributed by atoms with Gasteiger partial charge in [0.15, 0.2) is 5.41 Å². The van der Waals surface area contributed by atoms with Gasteiger partial charge >= 0.3 is 11.9 Å². The summed E-state index contributed by atoms with van der Waals surface area (Å²) in [5.41, 5.74) is -0.224. The predicted octanol–water partition coefficient (Wildman–Crippen LogP) is 2.99. The Labute approximate surface area is 143 Å². The first kappa shape index (κ1) is 18.4.